The van der Waals surface area contributed by atoms with Crippen LogP contribution in [-0.2, 0) is 0 Å². The first-order valence-corrected chi connectivity index (χ1v) is 8.18. The van der Waals surface area contributed by atoms with Gasteiger partial charge in [0.1, 0.15) is 5.82 Å². The Bertz CT molecular complexity index is 1120. The van der Waals surface area contributed by atoms with Gasteiger partial charge in [-0.25, -0.2) is 18.3 Å². The van der Waals surface area contributed by atoms with Gasteiger partial charge in [0.15, 0.2) is 11.6 Å². The van der Waals surface area contributed by atoms with Gasteiger partial charge in [-0.15, -0.1) is 0 Å². The van der Waals surface area contributed by atoms with Crippen molar-refractivity contribution < 1.29 is 18.0 Å². The van der Waals surface area contributed by atoms with Crippen molar-refractivity contribution >= 4 is 28.3 Å². The molecule has 1 heterocycles. The first-order chi connectivity index (χ1) is 12.7. The molecule has 0 spiro atoms. The highest BCUT2D eigenvalue weighted by Gasteiger charge is 2.24. The van der Waals surface area contributed by atoms with Gasteiger partial charge in [-0.05, 0) is 37.3 Å². The van der Waals surface area contributed by atoms with Gasteiger partial charge in [-0.1, -0.05) is 11.6 Å². The molecule has 0 fully saturated rings. The second-order valence-electron chi connectivity index (χ2n) is 5.97. The number of carbonyl (C=O) groups is 1. The fourth-order valence-electron chi connectivity index (χ4n) is 2.69. The molecule has 27 heavy (non-hydrogen) atoms. The number of fused-ring (bicyclic) bond motifs is 1. The predicted molar refractivity (Wildman–Crippen MR) is 94.2 cm³/mol. The normalized spacial score (nSPS) is 12.2. The van der Waals surface area contributed by atoms with E-state index < -0.39 is 35.0 Å². The molecule has 2 aromatic carbocycles. The molecule has 1 N–H and O–H groups in total. The molecule has 0 aliphatic heterocycles. The number of nitrogens with zero attached hydrogens (tertiary/aromatic N) is 2. The maximum atomic E-state index is 13.7. The van der Waals surface area contributed by atoms with Crippen LogP contribution in [0.1, 0.15) is 29.0 Å². The van der Waals surface area contributed by atoms with E-state index in [1.54, 1.807) is 6.92 Å². The van der Waals surface area contributed by atoms with Gasteiger partial charge in [0.25, 0.3) is 11.5 Å². The fraction of sp³-hybridized carbons (Fsp3) is 0.167. The molecule has 0 saturated heterocycles. The first-order valence-electron chi connectivity index (χ1n) is 7.80. The van der Waals surface area contributed by atoms with Crippen molar-refractivity contribution in [2.24, 2.45) is 0 Å². The van der Waals surface area contributed by atoms with Crippen LogP contribution in [0.5, 0.6) is 0 Å². The minimum atomic E-state index is -1.16. The Morgan fingerprint density at radius 2 is 1.74 bits per heavy atom. The number of rotatable bonds is 3. The summed E-state index contributed by atoms with van der Waals surface area (Å²) in [5, 5.41) is 5.91. The molecule has 3 rings (SSSR count). The van der Waals surface area contributed by atoms with Crippen LogP contribution in [0, 0.1) is 17.5 Å². The van der Waals surface area contributed by atoms with Crippen molar-refractivity contribution in [3.63, 3.8) is 0 Å². The fourth-order valence-corrected chi connectivity index (χ4v) is 2.87. The number of hydrogen-bond acceptors (Lipinski definition) is 3. The molecule has 1 amide bonds. The SMILES string of the molecule is C[C@@H](c1n[nH]c(=O)c2cc(F)c(F)cc12)N(C)C(=O)c1ccc(F)c(Cl)c1. The second-order valence-corrected chi connectivity index (χ2v) is 6.38. The third kappa shape index (κ3) is 3.40. The van der Waals surface area contributed by atoms with Crippen LogP contribution in [0.4, 0.5) is 13.2 Å². The first kappa shape index (κ1) is 18.9. The maximum Gasteiger partial charge on any atom is 0.272 e. The minimum Gasteiger partial charge on any atom is -0.333 e. The monoisotopic (exact) mass is 395 g/mol. The molecule has 0 saturated carbocycles. The molecule has 9 heteroatoms. The van der Waals surface area contributed by atoms with Crippen LogP contribution < -0.4 is 5.56 Å². The number of aromatic amines is 1. The molecule has 5 nitrogen and oxygen atoms in total. The summed E-state index contributed by atoms with van der Waals surface area (Å²) in [6.45, 7) is 1.60. The highest BCUT2D eigenvalue weighted by atomic mass is 35.5. The number of hydrogen-bond donors (Lipinski definition) is 1. The van der Waals surface area contributed by atoms with Gasteiger partial charge in [0.05, 0.1) is 22.1 Å². The largest absolute Gasteiger partial charge is 0.333 e. The van der Waals surface area contributed by atoms with Crippen LogP contribution >= 0.6 is 11.6 Å². The van der Waals surface area contributed by atoms with E-state index in [-0.39, 0.29) is 27.1 Å². The van der Waals surface area contributed by atoms with Gasteiger partial charge in [-0.2, -0.15) is 5.10 Å². The van der Waals surface area contributed by atoms with Crippen LogP contribution in [-0.4, -0.2) is 28.1 Å². The standard InChI is InChI=1S/C18H13ClF3N3O2/c1-8(25(2)18(27)9-3-4-13(20)12(19)5-9)16-10-6-14(21)15(22)7-11(10)17(26)24-23-16/h3-8H,1-2H3,(H,24,26)/t8-/m0/s1. The lowest BCUT2D eigenvalue weighted by molar-refractivity contribution is 0.0740. The summed E-state index contributed by atoms with van der Waals surface area (Å²) in [5.41, 5.74) is -0.367. The summed E-state index contributed by atoms with van der Waals surface area (Å²) < 4.78 is 40.5. The van der Waals surface area contributed by atoms with Crippen molar-refractivity contribution in [2.75, 3.05) is 7.05 Å². The summed E-state index contributed by atoms with van der Waals surface area (Å²) in [4.78, 5) is 25.8. The van der Waals surface area contributed by atoms with E-state index in [0.29, 0.717) is 0 Å². The average molecular weight is 396 g/mol. The van der Waals surface area contributed by atoms with E-state index >= 15 is 0 Å². The van der Waals surface area contributed by atoms with Crippen molar-refractivity contribution in [3.05, 3.63) is 74.4 Å². The number of nitrogens with one attached hydrogen (secondary N) is 1. The maximum absolute atomic E-state index is 13.7. The predicted octanol–water partition coefficient (Wildman–Crippen LogP) is 3.83. The third-order valence-corrected chi connectivity index (χ3v) is 4.61. The van der Waals surface area contributed by atoms with Crippen molar-refractivity contribution in [2.45, 2.75) is 13.0 Å². The Kier molecular flexibility index (Phi) is 4.93. The Morgan fingerprint density at radius 3 is 2.37 bits per heavy atom. The van der Waals surface area contributed by atoms with E-state index in [2.05, 4.69) is 10.2 Å². The van der Waals surface area contributed by atoms with Crippen LogP contribution in [0.3, 0.4) is 0 Å². The molecule has 140 valence electrons. The molecule has 0 unspecified atom stereocenters. The number of aromatic nitrogens is 2. The van der Waals surface area contributed by atoms with Gasteiger partial charge in [0.2, 0.25) is 0 Å². The van der Waals surface area contributed by atoms with Crippen LogP contribution in [0.25, 0.3) is 10.8 Å². The van der Waals surface area contributed by atoms with E-state index in [1.165, 1.54) is 24.1 Å². The molecule has 1 aromatic heterocycles. The van der Waals surface area contributed by atoms with E-state index in [9.17, 15) is 22.8 Å². The number of benzene rings is 2. The Hall–Kier alpha value is -2.87. The van der Waals surface area contributed by atoms with Crippen molar-refractivity contribution in [1.82, 2.24) is 15.1 Å². The summed E-state index contributed by atoms with van der Waals surface area (Å²) in [6.07, 6.45) is 0. The highest BCUT2D eigenvalue weighted by Crippen LogP contribution is 2.27. The smallest absolute Gasteiger partial charge is 0.272 e. The summed E-state index contributed by atoms with van der Waals surface area (Å²) >= 11 is 5.71. The number of carbonyl (C=O) groups excluding carboxylic acids is 1. The molecule has 0 aliphatic carbocycles. The van der Waals surface area contributed by atoms with Crippen LogP contribution in [0.15, 0.2) is 35.1 Å². The zero-order valence-corrected chi connectivity index (χ0v) is 14.9. The topological polar surface area (TPSA) is 66.1 Å². The van der Waals surface area contributed by atoms with E-state index in [1.807, 2.05) is 0 Å². The molecule has 0 bridgehead atoms. The summed E-state index contributed by atoms with van der Waals surface area (Å²) in [7, 11) is 1.46. The molecule has 0 aliphatic rings. The third-order valence-electron chi connectivity index (χ3n) is 4.32. The average Bonchev–Trinajstić information content (AvgIpc) is 2.64. The Balaban J connectivity index is 2.04. The molecule has 1 atom stereocenters. The number of amides is 1. The lowest BCUT2D eigenvalue weighted by atomic mass is 10.0. The lowest BCUT2D eigenvalue weighted by Gasteiger charge is -2.25. The molecule has 0 radical (unpaired) electrons. The summed E-state index contributed by atoms with van der Waals surface area (Å²) in [6, 6.07) is 4.47. The minimum absolute atomic E-state index is 0.0851. The van der Waals surface area contributed by atoms with E-state index in [4.69, 9.17) is 11.6 Å². The molecular weight excluding hydrogens is 383 g/mol. The van der Waals surface area contributed by atoms with Gasteiger partial charge < -0.3 is 4.90 Å². The zero-order valence-electron chi connectivity index (χ0n) is 14.2. The molecular formula is C18H13ClF3N3O2. The summed E-state index contributed by atoms with van der Waals surface area (Å²) in [5.74, 6) is -3.45. The van der Waals surface area contributed by atoms with Gasteiger partial charge in [0, 0.05) is 18.0 Å². The van der Waals surface area contributed by atoms with E-state index in [0.717, 1.165) is 18.2 Å². The van der Waals surface area contributed by atoms with Gasteiger partial charge in [-0.3, -0.25) is 9.59 Å². The van der Waals surface area contributed by atoms with Crippen molar-refractivity contribution in [3.8, 4) is 0 Å². The lowest BCUT2D eigenvalue weighted by Crippen LogP contribution is -2.31. The zero-order chi connectivity index (χ0) is 19.9. The number of H-pyrrole nitrogens is 1. The Labute approximate surface area is 156 Å². The number of halogens is 4. The quantitative estimate of drug-likeness (QED) is 0.733. The van der Waals surface area contributed by atoms with Gasteiger partial charge >= 0.3 is 0 Å². The highest BCUT2D eigenvalue weighted by molar-refractivity contribution is 6.31. The van der Waals surface area contributed by atoms with Crippen LogP contribution in [0.2, 0.25) is 5.02 Å². The van der Waals surface area contributed by atoms with Crippen molar-refractivity contribution in [1.29, 1.82) is 0 Å². The Morgan fingerprint density at radius 1 is 1.11 bits per heavy atom. The second kappa shape index (κ2) is 7.03. The molecule has 3 aromatic rings.